The lowest BCUT2D eigenvalue weighted by Crippen LogP contribution is -2.72. The smallest absolute Gasteiger partial charge is 0.158 e. The Morgan fingerprint density at radius 1 is 0.815 bits per heavy atom. The zero-order valence-electron chi connectivity index (χ0n) is 16.1. The molecule has 0 aromatic rings. The Labute approximate surface area is 167 Å². The molecule has 27 heavy (non-hydrogen) atoms. The Morgan fingerprint density at radius 3 is 2.41 bits per heavy atom. The van der Waals surface area contributed by atoms with Crippen molar-refractivity contribution in [3.8, 4) is 0 Å². The van der Waals surface area contributed by atoms with Gasteiger partial charge in [0.2, 0.25) is 0 Å². The van der Waals surface area contributed by atoms with Crippen molar-refractivity contribution in [2.75, 3.05) is 19.0 Å². The molecule has 0 aromatic carbocycles. The standard InChI is InChI=1S/C22H32O4S/c1-2-12-25-19(7-1)22(20-10-5-16-27-20)21(11-6-15-26-22,17-8-3-13-23-17)18-9-4-14-24-18/h3,6,13,15,17-20H,1-2,4-5,7-12,14,16H2. The molecule has 5 heteroatoms. The van der Waals surface area contributed by atoms with Crippen molar-refractivity contribution in [3.63, 3.8) is 0 Å². The second kappa shape index (κ2) is 7.64. The van der Waals surface area contributed by atoms with Crippen LogP contribution in [0.3, 0.4) is 0 Å². The highest BCUT2D eigenvalue weighted by Crippen LogP contribution is 2.61. The van der Waals surface area contributed by atoms with Gasteiger partial charge < -0.3 is 18.9 Å². The van der Waals surface area contributed by atoms with E-state index >= 15 is 0 Å². The summed E-state index contributed by atoms with van der Waals surface area (Å²) in [6.45, 7) is 1.71. The van der Waals surface area contributed by atoms with E-state index in [1.165, 1.54) is 25.0 Å². The van der Waals surface area contributed by atoms with Crippen LogP contribution in [-0.4, -0.2) is 48.1 Å². The largest absolute Gasteiger partial charge is 0.497 e. The van der Waals surface area contributed by atoms with Gasteiger partial charge in [-0.2, -0.15) is 11.8 Å². The molecule has 6 unspecified atom stereocenters. The summed E-state index contributed by atoms with van der Waals surface area (Å²) in [5.74, 6) is 1.22. The highest BCUT2D eigenvalue weighted by molar-refractivity contribution is 8.00. The highest BCUT2D eigenvalue weighted by atomic mass is 32.2. The average molecular weight is 393 g/mol. The number of hydrogen-bond donors (Lipinski definition) is 0. The fourth-order valence-electron chi connectivity index (χ4n) is 6.30. The lowest BCUT2D eigenvalue weighted by Gasteiger charge is -2.60. The van der Waals surface area contributed by atoms with Gasteiger partial charge in [0.05, 0.1) is 30.1 Å². The molecule has 0 radical (unpaired) electrons. The van der Waals surface area contributed by atoms with Gasteiger partial charge in [0.15, 0.2) is 5.60 Å². The van der Waals surface area contributed by atoms with Crippen LogP contribution in [0.4, 0.5) is 0 Å². The van der Waals surface area contributed by atoms with Gasteiger partial charge in [-0.3, -0.25) is 0 Å². The van der Waals surface area contributed by atoms with Gasteiger partial charge in [0.25, 0.3) is 0 Å². The topological polar surface area (TPSA) is 36.9 Å². The maximum atomic E-state index is 6.82. The van der Waals surface area contributed by atoms with Crippen LogP contribution in [-0.2, 0) is 18.9 Å². The zero-order chi connectivity index (χ0) is 18.2. The molecule has 0 aliphatic carbocycles. The van der Waals surface area contributed by atoms with E-state index in [2.05, 4.69) is 23.9 Å². The van der Waals surface area contributed by atoms with Crippen LogP contribution < -0.4 is 0 Å². The van der Waals surface area contributed by atoms with Crippen molar-refractivity contribution >= 4 is 11.8 Å². The van der Waals surface area contributed by atoms with Gasteiger partial charge in [-0.1, -0.05) is 0 Å². The highest BCUT2D eigenvalue weighted by Gasteiger charge is 2.70. The molecule has 3 saturated heterocycles. The summed E-state index contributed by atoms with van der Waals surface area (Å²) < 4.78 is 26.0. The average Bonchev–Trinajstić information content (AvgIpc) is 3.52. The van der Waals surface area contributed by atoms with Gasteiger partial charge in [-0.15, -0.1) is 0 Å². The summed E-state index contributed by atoms with van der Waals surface area (Å²) in [6, 6.07) is 0. The molecule has 0 saturated carbocycles. The molecule has 0 amide bonds. The van der Waals surface area contributed by atoms with Crippen LogP contribution in [0.2, 0.25) is 0 Å². The van der Waals surface area contributed by atoms with Crippen LogP contribution >= 0.6 is 11.8 Å². The number of ether oxygens (including phenoxy) is 4. The Morgan fingerprint density at radius 2 is 1.70 bits per heavy atom. The van der Waals surface area contributed by atoms with E-state index in [4.69, 9.17) is 18.9 Å². The summed E-state index contributed by atoms with van der Waals surface area (Å²) in [4.78, 5) is 0. The van der Waals surface area contributed by atoms with E-state index in [0.29, 0.717) is 5.25 Å². The molecule has 0 bridgehead atoms. The summed E-state index contributed by atoms with van der Waals surface area (Å²) in [7, 11) is 0. The molecule has 0 aromatic heterocycles. The van der Waals surface area contributed by atoms with Crippen molar-refractivity contribution < 1.29 is 18.9 Å². The van der Waals surface area contributed by atoms with Gasteiger partial charge in [0, 0.05) is 24.9 Å². The Balaban J connectivity index is 1.65. The SMILES string of the molecule is C1=COC(C2(C3CCCO3)CC=COC2(C2CCCCO2)C2CCCS2)C1. The fourth-order valence-corrected chi connectivity index (χ4v) is 7.93. The van der Waals surface area contributed by atoms with Crippen LogP contribution in [0.5, 0.6) is 0 Å². The zero-order valence-corrected chi connectivity index (χ0v) is 17.0. The van der Waals surface area contributed by atoms with E-state index in [0.717, 1.165) is 51.7 Å². The van der Waals surface area contributed by atoms with E-state index in [-0.39, 0.29) is 29.3 Å². The maximum absolute atomic E-state index is 6.82. The third-order valence-corrected chi connectivity index (χ3v) is 8.89. The number of rotatable bonds is 4. The van der Waals surface area contributed by atoms with Gasteiger partial charge in [-0.05, 0) is 69.3 Å². The first-order chi connectivity index (χ1) is 13.4. The Kier molecular flexibility index (Phi) is 5.20. The van der Waals surface area contributed by atoms with E-state index in [9.17, 15) is 0 Å². The van der Waals surface area contributed by atoms with Crippen molar-refractivity contribution in [1.29, 1.82) is 0 Å². The van der Waals surface area contributed by atoms with Crippen LogP contribution in [0.1, 0.15) is 57.8 Å². The maximum Gasteiger partial charge on any atom is 0.158 e. The summed E-state index contributed by atoms with van der Waals surface area (Å²) in [5.41, 5.74) is -0.555. The molecule has 3 fully saturated rings. The normalized spacial score (nSPS) is 47.1. The quantitative estimate of drug-likeness (QED) is 0.699. The first-order valence-electron chi connectivity index (χ1n) is 10.9. The lowest BCUT2D eigenvalue weighted by atomic mass is 9.56. The second-order valence-electron chi connectivity index (χ2n) is 8.62. The third kappa shape index (κ3) is 2.79. The molecule has 5 rings (SSSR count). The Bertz CT molecular complexity index is 563. The van der Waals surface area contributed by atoms with Gasteiger partial charge >= 0.3 is 0 Å². The summed E-state index contributed by atoms with van der Waals surface area (Å²) in [6.07, 6.45) is 18.7. The number of hydrogen-bond acceptors (Lipinski definition) is 5. The second-order valence-corrected chi connectivity index (χ2v) is 9.93. The molecule has 5 aliphatic heterocycles. The van der Waals surface area contributed by atoms with Crippen LogP contribution in [0.25, 0.3) is 0 Å². The summed E-state index contributed by atoms with van der Waals surface area (Å²) >= 11 is 2.09. The molecular formula is C22H32O4S. The van der Waals surface area contributed by atoms with Crippen molar-refractivity contribution in [2.45, 2.75) is 87.0 Å². The monoisotopic (exact) mass is 392 g/mol. The first-order valence-corrected chi connectivity index (χ1v) is 11.9. The summed E-state index contributed by atoms with van der Waals surface area (Å²) in [5, 5.41) is 0.443. The number of thioether (sulfide) groups is 1. The minimum absolute atomic E-state index is 0.109. The molecule has 0 spiro atoms. The van der Waals surface area contributed by atoms with Gasteiger partial charge in [0.1, 0.15) is 6.10 Å². The Hall–Kier alpha value is -0.650. The fraction of sp³-hybridized carbons (Fsp3) is 0.818. The number of allylic oxidation sites excluding steroid dienone is 1. The molecular weight excluding hydrogens is 360 g/mol. The molecule has 5 aliphatic rings. The first kappa shape index (κ1) is 18.4. The van der Waals surface area contributed by atoms with E-state index in [1.807, 2.05) is 12.5 Å². The molecule has 6 atom stereocenters. The van der Waals surface area contributed by atoms with Crippen molar-refractivity contribution in [1.82, 2.24) is 0 Å². The van der Waals surface area contributed by atoms with Crippen LogP contribution in [0, 0.1) is 5.41 Å². The molecule has 4 nitrogen and oxygen atoms in total. The van der Waals surface area contributed by atoms with Crippen LogP contribution in [0.15, 0.2) is 24.7 Å². The minimum Gasteiger partial charge on any atom is -0.497 e. The molecule has 5 heterocycles. The van der Waals surface area contributed by atoms with Crippen molar-refractivity contribution in [3.05, 3.63) is 24.7 Å². The predicted molar refractivity (Wildman–Crippen MR) is 107 cm³/mol. The lowest BCUT2D eigenvalue weighted by molar-refractivity contribution is -0.256. The van der Waals surface area contributed by atoms with Gasteiger partial charge in [-0.25, -0.2) is 0 Å². The van der Waals surface area contributed by atoms with Crippen molar-refractivity contribution in [2.24, 2.45) is 5.41 Å². The third-order valence-electron chi connectivity index (χ3n) is 7.38. The molecule has 0 N–H and O–H groups in total. The van der Waals surface area contributed by atoms with E-state index in [1.54, 1.807) is 0 Å². The predicted octanol–water partition coefficient (Wildman–Crippen LogP) is 4.59. The minimum atomic E-state index is -0.366. The van der Waals surface area contributed by atoms with E-state index < -0.39 is 0 Å². The molecule has 150 valence electrons.